The quantitative estimate of drug-likeness (QED) is 0.865. The summed E-state index contributed by atoms with van der Waals surface area (Å²) >= 11 is 2.12. The molecule has 2 rings (SSSR count). The Morgan fingerprint density at radius 2 is 2.37 bits per heavy atom. The Morgan fingerprint density at radius 3 is 3.16 bits per heavy atom. The molecule has 19 heavy (non-hydrogen) atoms. The van der Waals surface area contributed by atoms with Crippen molar-refractivity contribution in [3.05, 3.63) is 24.0 Å². The van der Waals surface area contributed by atoms with E-state index < -0.39 is 0 Å². The first-order valence-electron chi connectivity index (χ1n) is 7.34. The minimum absolute atomic E-state index is 0.801. The summed E-state index contributed by atoms with van der Waals surface area (Å²) in [4.78, 5) is 7.04. The van der Waals surface area contributed by atoms with Crippen molar-refractivity contribution in [3.8, 4) is 0 Å². The fourth-order valence-corrected chi connectivity index (χ4v) is 3.59. The van der Waals surface area contributed by atoms with Crippen molar-refractivity contribution in [1.82, 2.24) is 9.88 Å². The highest BCUT2D eigenvalue weighted by atomic mass is 32.2. The van der Waals surface area contributed by atoms with Crippen LogP contribution in [0.1, 0.15) is 32.4 Å². The molecule has 0 radical (unpaired) electrons. The van der Waals surface area contributed by atoms with Gasteiger partial charge in [-0.2, -0.15) is 11.8 Å². The van der Waals surface area contributed by atoms with Gasteiger partial charge in [-0.15, -0.1) is 0 Å². The van der Waals surface area contributed by atoms with Crippen molar-refractivity contribution < 1.29 is 0 Å². The van der Waals surface area contributed by atoms with Crippen LogP contribution in [0.3, 0.4) is 0 Å². The number of nitrogens with zero attached hydrogens (tertiary/aromatic N) is 2. The summed E-state index contributed by atoms with van der Waals surface area (Å²) in [5.41, 5.74) is 2.38. The molecule has 106 valence electrons. The third kappa shape index (κ3) is 4.69. The van der Waals surface area contributed by atoms with Crippen molar-refractivity contribution in [1.29, 1.82) is 0 Å². The summed E-state index contributed by atoms with van der Waals surface area (Å²) in [7, 11) is 0. The molecular formula is C15H25N3S. The Bertz CT molecular complexity index is 383. The van der Waals surface area contributed by atoms with E-state index in [1.54, 1.807) is 0 Å². The summed E-state index contributed by atoms with van der Waals surface area (Å²) in [5.74, 6) is 1.26. The molecule has 1 saturated heterocycles. The van der Waals surface area contributed by atoms with Crippen LogP contribution < -0.4 is 5.32 Å². The highest BCUT2D eigenvalue weighted by molar-refractivity contribution is 8.00. The molecule has 3 nitrogen and oxygen atoms in total. The smallest absolute Gasteiger partial charge is 0.0564 e. The topological polar surface area (TPSA) is 28.2 Å². The summed E-state index contributed by atoms with van der Waals surface area (Å²) in [6, 6.07) is 4.25. The van der Waals surface area contributed by atoms with Crippen molar-refractivity contribution in [2.75, 3.05) is 30.7 Å². The molecule has 1 aromatic rings. The van der Waals surface area contributed by atoms with Crippen LogP contribution in [-0.2, 0) is 6.54 Å². The second kappa shape index (κ2) is 7.75. The molecule has 0 saturated carbocycles. The lowest BCUT2D eigenvalue weighted by atomic mass is 10.2. The van der Waals surface area contributed by atoms with Crippen LogP contribution in [-0.4, -0.2) is 40.5 Å². The van der Waals surface area contributed by atoms with Gasteiger partial charge in [0.1, 0.15) is 0 Å². The van der Waals surface area contributed by atoms with Gasteiger partial charge in [0.15, 0.2) is 0 Å². The van der Waals surface area contributed by atoms with E-state index in [1.165, 1.54) is 36.6 Å². The lowest BCUT2D eigenvalue weighted by Crippen LogP contribution is -2.37. The number of aromatic nitrogens is 1. The van der Waals surface area contributed by atoms with Gasteiger partial charge in [0.05, 0.1) is 5.69 Å². The summed E-state index contributed by atoms with van der Waals surface area (Å²) in [5, 5.41) is 4.23. The minimum Gasteiger partial charge on any atom is -0.385 e. The molecule has 0 aliphatic carbocycles. The monoisotopic (exact) mass is 279 g/mol. The Balaban J connectivity index is 1.90. The second-order valence-corrected chi connectivity index (χ2v) is 6.51. The van der Waals surface area contributed by atoms with Gasteiger partial charge < -0.3 is 5.32 Å². The first-order valence-corrected chi connectivity index (χ1v) is 8.39. The molecule has 1 fully saturated rings. The zero-order valence-electron chi connectivity index (χ0n) is 12.1. The third-order valence-electron chi connectivity index (χ3n) is 3.46. The van der Waals surface area contributed by atoms with E-state index in [-0.39, 0.29) is 0 Å². The van der Waals surface area contributed by atoms with E-state index >= 15 is 0 Å². The van der Waals surface area contributed by atoms with E-state index in [1.807, 2.05) is 6.20 Å². The van der Waals surface area contributed by atoms with E-state index in [0.29, 0.717) is 0 Å². The van der Waals surface area contributed by atoms with Crippen molar-refractivity contribution in [2.45, 2.75) is 38.5 Å². The molecule has 2 heterocycles. The Hall–Kier alpha value is -0.740. The maximum absolute atomic E-state index is 4.50. The lowest BCUT2D eigenvalue weighted by Gasteiger charge is -2.31. The number of nitrogens with one attached hydrogen (secondary N) is 1. The predicted octanol–water partition coefficient (Wildman–Crippen LogP) is 3.23. The maximum atomic E-state index is 4.50. The number of anilines is 1. The van der Waals surface area contributed by atoms with E-state index in [0.717, 1.165) is 24.8 Å². The predicted molar refractivity (Wildman–Crippen MR) is 84.8 cm³/mol. The van der Waals surface area contributed by atoms with Crippen LogP contribution in [0.5, 0.6) is 0 Å². The Labute approximate surface area is 121 Å². The van der Waals surface area contributed by atoms with Crippen LogP contribution in [0.15, 0.2) is 18.3 Å². The van der Waals surface area contributed by atoms with Gasteiger partial charge in [-0.05, 0) is 25.0 Å². The lowest BCUT2D eigenvalue weighted by molar-refractivity contribution is 0.270. The van der Waals surface area contributed by atoms with Gasteiger partial charge in [0.2, 0.25) is 0 Å². The largest absolute Gasteiger partial charge is 0.385 e. The van der Waals surface area contributed by atoms with Crippen molar-refractivity contribution in [2.24, 2.45) is 0 Å². The fourth-order valence-electron chi connectivity index (χ4n) is 2.34. The standard InChI is InChI=1S/C15H25N3S/c1-3-6-16-13-5-7-17-14(10-13)11-18-8-9-19-15(4-2)12-18/h5,7,10,15H,3-4,6,8-9,11-12H2,1-2H3,(H,16,17). The molecule has 0 bridgehead atoms. The molecule has 1 N–H and O–H groups in total. The minimum atomic E-state index is 0.801. The molecule has 1 atom stereocenters. The molecule has 4 heteroatoms. The molecule has 0 spiro atoms. The van der Waals surface area contributed by atoms with Crippen LogP contribution in [0.25, 0.3) is 0 Å². The second-order valence-electron chi connectivity index (χ2n) is 5.10. The SMILES string of the molecule is CCCNc1ccnc(CN2CCSC(CC)C2)c1. The highest BCUT2D eigenvalue weighted by Crippen LogP contribution is 2.22. The van der Waals surface area contributed by atoms with Crippen molar-refractivity contribution in [3.63, 3.8) is 0 Å². The number of hydrogen-bond donors (Lipinski definition) is 1. The van der Waals surface area contributed by atoms with Crippen LogP contribution in [0.2, 0.25) is 0 Å². The molecule has 1 aliphatic rings. The van der Waals surface area contributed by atoms with Gasteiger partial charge in [-0.25, -0.2) is 0 Å². The summed E-state index contributed by atoms with van der Waals surface area (Å²) in [6.07, 6.45) is 4.34. The normalized spacial score (nSPS) is 20.4. The van der Waals surface area contributed by atoms with Crippen LogP contribution in [0.4, 0.5) is 5.69 Å². The summed E-state index contributed by atoms with van der Waals surface area (Å²) in [6.45, 7) is 8.88. The Morgan fingerprint density at radius 1 is 1.47 bits per heavy atom. The van der Waals surface area contributed by atoms with Gasteiger partial charge in [0, 0.05) is 49.1 Å². The number of rotatable bonds is 6. The van der Waals surface area contributed by atoms with E-state index in [9.17, 15) is 0 Å². The number of thioether (sulfide) groups is 1. The van der Waals surface area contributed by atoms with Gasteiger partial charge in [-0.3, -0.25) is 9.88 Å². The van der Waals surface area contributed by atoms with Gasteiger partial charge >= 0.3 is 0 Å². The van der Waals surface area contributed by atoms with Crippen molar-refractivity contribution >= 4 is 17.4 Å². The highest BCUT2D eigenvalue weighted by Gasteiger charge is 2.19. The fraction of sp³-hybridized carbons (Fsp3) is 0.667. The molecule has 1 aromatic heterocycles. The van der Waals surface area contributed by atoms with Gasteiger partial charge in [0.25, 0.3) is 0 Å². The van der Waals surface area contributed by atoms with E-state index in [4.69, 9.17) is 0 Å². The van der Waals surface area contributed by atoms with E-state index in [2.05, 4.69) is 52.9 Å². The average molecular weight is 279 g/mol. The average Bonchev–Trinajstić information content (AvgIpc) is 2.46. The molecule has 1 aliphatic heterocycles. The zero-order chi connectivity index (χ0) is 13.5. The third-order valence-corrected chi connectivity index (χ3v) is 4.83. The zero-order valence-corrected chi connectivity index (χ0v) is 12.9. The molecule has 1 unspecified atom stereocenters. The maximum Gasteiger partial charge on any atom is 0.0564 e. The number of hydrogen-bond acceptors (Lipinski definition) is 4. The molecule has 0 aromatic carbocycles. The molecular weight excluding hydrogens is 254 g/mol. The Kier molecular flexibility index (Phi) is 5.98. The molecule has 0 amide bonds. The van der Waals surface area contributed by atoms with Crippen LogP contribution >= 0.6 is 11.8 Å². The van der Waals surface area contributed by atoms with Gasteiger partial charge in [-0.1, -0.05) is 13.8 Å². The summed E-state index contributed by atoms with van der Waals surface area (Å²) < 4.78 is 0. The number of pyridine rings is 1. The first-order chi connectivity index (χ1) is 9.31. The van der Waals surface area contributed by atoms with Crippen LogP contribution in [0, 0.1) is 0 Å². The first kappa shape index (κ1) is 14.7.